The van der Waals surface area contributed by atoms with Gasteiger partial charge in [-0.1, -0.05) is 78.9 Å². The third kappa shape index (κ3) is 5.65. The van der Waals surface area contributed by atoms with Gasteiger partial charge in [-0.15, -0.1) is 0 Å². The standard InChI is InChI=1S/C38H43N3/c1-40(37-24-29-9-5-6-10-30(29)25-37)35-17-15-28(16-18-35)33-19-21-39-34(23-33)20-22-41(36-13-3-2-4-14-36)38-26-31-11-7-8-12-32(31)27-38/h2-18,33-34,37-39H,19-27H2,1H3. The van der Waals surface area contributed by atoms with Gasteiger partial charge in [0.25, 0.3) is 0 Å². The van der Waals surface area contributed by atoms with Crippen molar-refractivity contribution in [2.24, 2.45) is 0 Å². The van der Waals surface area contributed by atoms with Gasteiger partial charge in [0.15, 0.2) is 0 Å². The van der Waals surface area contributed by atoms with Crippen molar-refractivity contribution in [2.75, 3.05) is 29.9 Å². The normalized spacial score (nSPS) is 20.5. The van der Waals surface area contributed by atoms with E-state index in [0.717, 1.165) is 38.8 Å². The molecular formula is C38H43N3. The number of hydrogen-bond acceptors (Lipinski definition) is 3. The number of piperidine rings is 1. The van der Waals surface area contributed by atoms with Crippen molar-refractivity contribution in [1.29, 1.82) is 0 Å². The first-order valence-electron chi connectivity index (χ1n) is 15.7. The van der Waals surface area contributed by atoms with Crippen LogP contribution in [0.25, 0.3) is 0 Å². The van der Waals surface area contributed by atoms with Gasteiger partial charge in [-0.25, -0.2) is 0 Å². The third-order valence-electron chi connectivity index (χ3n) is 10.1. The van der Waals surface area contributed by atoms with Crippen LogP contribution in [0.1, 0.15) is 53.0 Å². The van der Waals surface area contributed by atoms with Crippen LogP contribution in [-0.4, -0.2) is 38.3 Å². The summed E-state index contributed by atoms with van der Waals surface area (Å²) >= 11 is 0. The van der Waals surface area contributed by atoms with Gasteiger partial charge in [0, 0.05) is 43.1 Å². The second kappa shape index (κ2) is 11.7. The summed E-state index contributed by atoms with van der Waals surface area (Å²) in [5.41, 5.74) is 10.3. The van der Waals surface area contributed by atoms with E-state index in [1.807, 2.05) is 0 Å². The molecule has 1 saturated heterocycles. The Hall–Kier alpha value is -3.56. The van der Waals surface area contributed by atoms with E-state index in [1.165, 1.54) is 58.5 Å². The first kappa shape index (κ1) is 26.3. The Labute approximate surface area is 246 Å². The number of nitrogens with one attached hydrogen (secondary N) is 1. The van der Waals surface area contributed by atoms with Crippen LogP contribution in [0.5, 0.6) is 0 Å². The number of anilines is 2. The molecule has 210 valence electrons. The molecule has 41 heavy (non-hydrogen) atoms. The van der Waals surface area contributed by atoms with Crippen molar-refractivity contribution in [3.05, 3.63) is 131 Å². The Morgan fingerprint density at radius 3 is 1.80 bits per heavy atom. The van der Waals surface area contributed by atoms with Gasteiger partial charge in [0.1, 0.15) is 0 Å². The molecule has 0 aromatic heterocycles. The number of likely N-dealkylation sites (N-methyl/N-ethyl adjacent to an activating group) is 1. The summed E-state index contributed by atoms with van der Waals surface area (Å²) in [5.74, 6) is 0.636. The molecular weight excluding hydrogens is 498 g/mol. The summed E-state index contributed by atoms with van der Waals surface area (Å²) in [6, 6.07) is 40.3. The minimum Gasteiger partial charge on any atom is -0.371 e. The average molecular weight is 542 g/mol. The molecule has 2 unspecified atom stereocenters. The SMILES string of the molecule is CN(c1ccc(C2CCNC(CCN(c3ccccc3)C3Cc4ccccc4C3)C2)cc1)C1Cc2ccccc2C1. The predicted octanol–water partition coefficient (Wildman–Crippen LogP) is 7.19. The molecule has 3 nitrogen and oxygen atoms in total. The van der Waals surface area contributed by atoms with E-state index in [9.17, 15) is 0 Å². The number of benzene rings is 4. The fourth-order valence-corrected chi connectivity index (χ4v) is 7.72. The first-order valence-corrected chi connectivity index (χ1v) is 15.7. The lowest BCUT2D eigenvalue weighted by molar-refractivity contribution is 0.345. The third-order valence-corrected chi connectivity index (χ3v) is 10.1. The molecule has 0 saturated carbocycles. The lowest BCUT2D eigenvalue weighted by Crippen LogP contribution is -2.43. The zero-order valence-corrected chi connectivity index (χ0v) is 24.4. The highest BCUT2D eigenvalue weighted by Crippen LogP contribution is 2.34. The molecule has 0 amide bonds. The van der Waals surface area contributed by atoms with Gasteiger partial charge in [-0.05, 0) is 109 Å². The van der Waals surface area contributed by atoms with Crippen molar-refractivity contribution in [3.8, 4) is 0 Å². The van der Waals surface area contributed by atoms with E-state index < -0.39 is 0 Å². The smallest absolute Gasteiger partial charge is 0.0370 e. The highest BCUT2D eigenvalue weighted by molar-refractivity contribution is 5.51. The van der Waals surface area contributed by atoms with Gasteiger partial charge in [-0.2, -0.15) is 0 Å². The van der Waals surface area contributed by atoms with E-state index in [-0.39, 0.29) is 0 Å². The number of nitrogens with zero attached hydrogens (tertiary/aromatic N) is 2. The summed E-state index contributed by atoms with van der Waals surface area (Å²) in [7, 11) is 2.27. The Balaban J connectivity index is 0.983. The molecule has 1 heterocycles. The number of fused-ring (bicyclic) bond motifs is 2. The molecule has 1 aliphatic heterocycles. The molecule has 0 bridgehead atoms. The number of para-hydroxylation sites is 1. The fourth-order valence-electron chi connectivity index (χ4n) is 7.72. The summed E-state index contributed by atoms with van der Waals surface area (Å²) in [6.45, 7) is 2.21. The Kier molecular flexibility index (Phi) is 7.54. The molecule has 2 atom stereocenters. The maximum absolute atomic E-state index is 3.87. The maximum atomic E-state index is 3.87. The quantitative estimate of drug-likeness (QED) is 0.255. The van der Waals surface area contributed by atoms with E-state index in [2.05, 4.69) is 125 Å². The Bertz CT molecular complexity index is 1400. The Morgan fingerprint density at radius 2 is 1.20 bits per heavy atom. The van der Waals surface area contributed by atoms with E-state index in [4.69, 9.17) is 0 Å². The molecule has 4 aromatic rings. The lowest BCUT2D eigenvalue weighted by Gasteiger charge is -2.36. The van der Waals surface area contributed by atoms with Crippen LogP contribution in [0.3, 0.4) is 0 Å². The van der Waals surface area contributed by atoms with Crippen LogP contribution in [-0.2, 0) is 25.7 Å². The molecule has 4 aromatic carbocycles. The van der Waals surface area contributed by atoms with Crippen molar-refractivity contribution in [1.82, 2.24) is 5.32 Å². The van der Waals surface area contributed by atoms with Gasteiger partial charge >= 0.3 is 0 Å². The zero-order valence-electron chi connectivity index (χ0n) is 24.4. The molecule has 7 rings (SSSR count). The lowest BCUT2D eigenvalue weighted by atomic mass is 9.85. The van der Waals surface area contributed by atoms with Crippen LogP contribution < -0.4 is 15.1 Å². The minimum atomic E-state index is 0.548. The molecule has 3 heteroatoms. The topological polar surface area (TPSA) is 18.5 Å². The van der Waals surface area contributed by atoms with Crippen molar-refractivity contribution in [3.63, 3.8) is 0 Å². The molecule has 1 fully saturated rings. The average Bonchev–Trinajstić information content (AvgIpc) is 3.66. The van der Waals surface area contributed by atoms with E-state index >= 15 is 0 Å². The van der Waals surface area contributed by atoms with Crippen molar-refractivity contribution < 1.29 is 0 Å². The second-order valence-electron chi connectivity index (χ2n) is 12.6. The van der Waals surface area contributed by atoms with Crippen LogP contribution in [0.4, 0.5) is 11.4 Å². The van der Waals surface area contributed by atoms with Crippen molar-refractivity contribution >= 4 is 11.4 Å². The van der Waals surface area contributed by atoms with Gasteiger partial charge in [0.2, 0.25) is 0 Å². The zero-order chi connectivity index (χ0) is 27.6. The summed E-state index contributed by atoms with van der Waals surface area (Å²) in [5, 5.41) is 3.87. The number of rotatable bonds is 8. The van der Waals surface area contributed by atoms with Gasteiger partial charge < -0.3 is 15.1 Å². The van der Waals surface area contributed by atoms with Gasteiger partial charge in [-0.3, -0.25) is 0 Å². The van der Waals surface area contributed by atoms with Crippen LogP contribution >= 0.6 is 0 Å². The van der Waals surface area contributed by atoms with Gasteiger partial charge in [0.05, 0.1) is 0 Å². The van der Waals surface area contributed by atoms with E-state index in [0.29, 0.717) is 24.0 Å². The Morgan fingerprint density at radius 1 is 0.634 bits per heavy atom. The van der Waals surface area contributed by atoms with Crippen LogP contribution in [0, 0.1) is 0 Å². The van der Waals surface area contributed by atoms with Crippen LogP contribution in [0.15, 0.2) is 103 Å². The predicted molar refractivity (Wildman–Crippen MR) is 172 cm³/mol. The van der Waals surface area contributed by atoms with Crippen LogP contribution in [0.2, 0.25) is 0 Å². The molecule has 0 spiro atoms. The summed E-state index contributed by atoms with van der Waals surface area (Å²) in [6.07, 6.45) is 8.24. The highest BCUT2D eigenvalue weighted by atomic mass is 15.2. The molecule has 3 aliphatic rings. The number of hydrogen-bond donors (Lipinski definition) is 1. The largest absolute Gasteiger partial charge is 0.371 e. The molecule has 2 aliphatic carbocycles. The monoisotopic (exact) mass is 541 g/mol. The van der Waals surface area contributed by atoms with Crippen molar-refractivity contribution in [2.45, 2.75) is 69.0 Å². The first-order chi connectivity index (χ1) is 20.2. The minimum absolute atomic E-state index is 0.548. The second-order valence-corrected chi connectivity index (χ2v) is 12.6. The molecule has 0 radical (unpaired) electrons. The molecule has 1 N–H and O–H groups in total. The van der Waals surface area contributed by atoms with E-state index in [1.54, 1.807) is 0 Å². The maximum Gasteiger partial charge on any atom is 0.0370 e. The summed E-state index contributed by atoms with van der Waals surface area (Å²) in [4.78, 5) is 5.19. The highest BCUT2D eigenvalue weighted by Gasteiger charge is 2.29. The summed E-state index contributed by atoms with van der Waals surface area (Å²) < 4.78 is 0. The fraction of sp³-hybridized carbons (Fsp3) is 0.368.